The number of thiophene rings is 1. The van der Waals surface area contributed by atoms with Gasteiger partial charge in [0.2, 0.25) is 5.91 Å². The maximum Gasteiger partial charge on any atom is 0.224 e. The molecule has 0 saturated carbocycles. The number of carbonyl (C=O) groups is 1. The molecular formula is C18H29N3OS. The predicted octanol–water partition coefficient (Wildman–Crippen LogP) is 2.36. The van der Waals surface area contributed by atoms with Crippen LogP contribution in [0, 0.1) is 0 Å². The van der Waals surface area contributed by atoms with E-state index >= 15 is 0 Å². The second-order valence-corrected chi connectivity index (χ2v) is 7.94. The van der Waals surface area contributed by atoms with Gasteiger partial charge >= 0.3 is 0 Å². The molecule has 3 rings (SSSR count). The maximum atomic E-state index is 12.3. The van der Waals surface area contributed by atoms with E-state index in [9.17, 15) is 4.79 Å². The third kappa shape index (κ3) is 4.34. The number of rotatable bonds is 5. The van der Waals surface area contributed by atoms with Crippen molar-refractivity contribution in [2.75, 3.05) is 39.8 Å². The maximum absolute atomic E-state index is 12.3. The third-order valence-corrected chi connectivity index (χ3v) is 6.24. The minimum absolute atomic E-state index is 0.165. The second-order valence-electron chi connectivity index (χ2n) is 7.16. The lowest BCUT2D eigenvalue weighted by atomic mass is 9.84. The van der Waals surface area contributed by atoms with Crippen LogP contribution in [0.15, 0.2) is 16.8 Å². The van der Waals surface area contributed by atoms with Gasteiger partial charge in [-0.15, -0.1) is 0 Å². The lowest BCUT2D eigenvalue weighted by molar-refractivity contribution is -0.121. The average molecular weight is 336 g/mol. The number of likely N-dealkylation sites (tertiary alicyclic amines) is 2. The molecule has 0 bridgehead atoms. The summed E-state index contributed by atoms with van der Waals surface area (Å²) in [6.07, 6.45) is 6.82. The molecule has 23 heavy (non-hydrogen) atoms. The van der Waals surface area contributed by atoms with Crippen LogP contribution < -0.4 is 5.32 Å². The second kappa shape index (κ2) is 7.77. The molecule has 0 spiro atoms. The summed E-state index contributed by atoms with van der Waals surface area (Å²) in [4.78, 5) is 17.4. The molecule has 0 aromatic carbocycles. The molecule has 1 aromatic rings. The van der Waals surface area contributed by atoms with Gasteiger partial charge in [0, 0.05) is 12.1 Å². The van der Waals surface area contributed by atoms with Crippen molar-refractivity contribution in [3.8, 4) is 0 Å². The highest BCUT2D eigenvalue weighted by Gasteiger charge is 2.39. The normalized spacial score (nSPS) is 22.8. The molecule has 5 heteroatoms. The van der Waals surface area contributed by atoms with Crippen molar-refractivity contribution in [3.05, 3.63) is 22.4 Å². The summed E-state index contributed by atoms with van der Waals surface area (Å²) in [5.41, 5.74) is 1.31. The number of hydrogen-bond acceptors (Lipinski definition) is 4. The zero-order valence-electron chi connectivity index (χ0n) is 14.2. The van der Waals surface area contributed by atoms with E-state index in [0.29, 0.717) is 6.42 Å². The van der Waals surface area contributed by atoms with Crippen LogP contribution in [-0.4, -0.2) is 61.0 Å². The predicted molar refractivity (Wildman–Crippen MR) is 95.9 cm³/mol. The molecule has 3 heterocycles. The first-order valence-electron chi connectivity index (χ1n) is 8.89. The van der Waals surface area contributed by atoms with E-state index in [-0.39, 0.29) is 11.4 Å². The highest BCUT2D eigenvalue weighted by Crippen LogP contribution is 2.30. The molecule has 1 N–H and O–H groups in total. The number of piperidine rings is 2. The van der Waals surface area contributed by atoms with Crippen LogP contribution in [0.5, 0.6) is 0 Å². The average Bonchev–Trinajstić information content (AvgIpc) is 3.08. The Morgan fingerprint density at radius 3 is 2.61 bits per heavy atom. The molecule has 0 unspecified atom stereocenters. The minimum Gasteiger partial charge on any atom is -0.354 e. The highest BCUT2D eigenvalue weighted by molar-refractivity contribution is 7.07. The van der Waals surface area contributed by atoms with E-state index in [4.69, 9.17) is 0 Å². The van der Waals surface area contributed by atoms with Crippen LogP contribution in [0.25, 0.3) is 0 Å². The molecule has 2 aliphatic rings. The van der Waals surface area contributed by atoms with E-state index < -0.39 is 0 Å². The Morgan fingerprint density at radius 2 is 1.96 bits per heavy atom. The Bertz CT molecular complexity index is 488. The van der Waals surface area contributed by atoms with E-state index in [1.165, 1.54) is 45.2 Å². The van der Waals surface area contributed by atoms with E-state index in [0.717, 1.165) is 25.2 Å². The Morgan fingerprint density at radius 1 is 1.22 bits per heavy atom. The zero-order valence-corrected chi connectivity index (χ0v) is 15.0. The molecule has 2 aliphatic heterocycles. The lowest BCUT2D eigenvalue weighted by Gasteiger charge is -2.50. The number of nitrogens with one attached hydrogen (secondary N) is 1. The van der Waals surface area contributed by atoms with Gasteiger partial charge < -0.3 is 10.2 Å². The molecule has 1 amide bonds. The molecule has 1 aromatic heterocycles. The fraction of sp³-hybridized carbons (Fsp3) is 0.722. The van der Waals surface area contributed by atoms with Crippen LogP contribution in [0.4, 0.5) is 0 Å². The first-order valence-corrected chi connectivity index (χ1v) is 9.84. The number of hydrogen-bond donors (Lipinski definition) is 1. The fourth-order valence-electron chi connectivity index (χ4n) is 3.91. The molecular weight excluding hydrogens is 306 g/mol. The van der Waals surface area contributed by atoms with Crippen molar-refractivity contribution in [3.63, 3.8) is 0 Å². The highest BCUT2D eigenvalue weighted by atomic mass is 32.1. The van der Waals surface area contributed by atoms with Crippen LogP contribution in [0.1, 0.15) is 37.7 Å². The van der Waals surface area contributed by atoms with Crippen LogP contribution in [0.3, 0.4) is 0 Å². The number of nitrogens with zero attached hydrogens (tertiary/aromatic N) is 2. The van der Waals surface area contributed by atoms with Crippen molar-refractivity contribution in [1.82, 2.24) is 15.1 Å². The summed E-state index contributed by atoms with van der Waals surface area (Å²) in [6, 6.07) is 2.04. The minimum atomic E-state index is 0.165. The summed E-state index contributed by atoms with van der Waals surface area (Å²) in [5, 5.41) is 7.35. The van der Waals surface area contributed by atoms with Gasteiger partial charge in [0.25, 0.3) is 0 Å². The van der Waals surface area contributed by atoms with Crippen molar-refractivity contribution in [1.29, 1.82) is 0 Å². The summed E-state index contributed by atoms with van der Waals surface area (Å²) in [7, 11) is 2.20. The quantitative estimate of drug-likeness (QED) is 0.897. The lowest BCUT2D eigenvalue weighted by Crippen LogP contribution is -2.61. The van der Waals surface area contributed by atoms with Crippen molar-refractivity contribution >= 4 is 17.2 Å². The third-order valence-electron chi connectivity index (χ3n) is 5.50. The van der Waals surface area contributed by atoms with Crippen LogP contribution >= 0.6 is 11.3 Å². The summed E-state index contributed by atoms with van der Waals surface area (Å²) in [6.45, 7) is 5.48. The van der Waals surface area contributed by atoms with E-state index in [1.807, 2.05) is 11.4 Å². The molecule has 4 nitrogen and oxygen atoms in total. The molecule has 0 radical (unpaired) electrons. The molecule has 128 valence electrons. The molecule has 2 saturated heterocycles. The van der Waals surface area contributed by atoms with Gasteiger partial charge in [-0.05, 0) is 81.3 Å². The van der Waals surface area contributed by atoms with Crippen LogP contribution in [-0.2, 0) is 11.2 Å². The van der Waals surface area contributed by atoms with Crippen molar-refractivity contribution < 1.29 is 4.79 Å². The zero-order chi connectivity index (χ0) is 16.1. The summed E-state index contributed by atoms with van der Waals surface area (Å²) >= 11 is 1.66. The number of amides is 1. The summed E-state index contributed by atoms with van der Waals surface area (Å²) < 4.78 is 0. The Hall–Kier alpha value is -0.910. The van der Waals surface area contributed by atoms with Gasteiger partial charge in [0.15, 0.2) is 0 Å². The number of carbonyl (C=O) groups excluding carboxylic acids is 1. The van der Waals surface area contributed by atoms with Crippen molar-refractivity contribution in [2.45, 2.75) is 44.1 Å². The van der Waals surface area contributed by atoms with E-state index in [1.54, 1.807) is 11.3 Å². The standard InChI is InChI=1S/C18H29N3OS/c1-20-10-6-18(7-11-20,21-8-3-2-4-9-21)15-19-17(22)13-16-5-12-23-14-16/h5,12,14H,2-4,6-11,13,15H2,1H3,(H,19,22). The summed E-state index contributed by atoms with van der Waals surface area (Å²) in [5.74, 6) is 0.165. The first kappa shape index (κ1) is 16.9. The largest absolute Gasteiger partial charge is 0.354 e. The first-order chi connectivity index (χ1) is 11.2. The molecule has 0 atom stereocenters. The van der Waals surface area contributed by atoms with Crippen LogP contribution in [0.2, 0.25) is 0 Å². The Kier molecular flexibility index (Phi) is 5.72. The van der Waals surface area contributed by atoms with Gasteiger partial charge in [0.05, 0.1) is 6.42 Å². The molecule has 2 fully saturated rings. The van der Waals surface area contributed by atoms with Gasteiger partial charge in [0.1, 0.15) is 0 Å². The Balaban J connectivity index is 1.60. The SMILES string of the molecule is CN1CCC(CNC(=O)Cc2ccsc2)(N2CCCCC2)CC1. The van der Waals surface area contributed by atoms with Gasteiger partial charge in [-0.25, -0.2) is 0 Å². The van der Waals surface area contributed by atoms with Gasteiger partial charge in [-0.3, -0.25) is 9.69 Å². The smallest absolute Gasteiger partial charge is 0.224 e. The van der Waals surface area contributed by atoms with Gasteiger partial charge in [-0.2, -0.15) is 11.3 Å². The van der Waals surface area contributed by atoms with Gasteiger partial charge in [-0.1, -0.05) is 6.42 Å². The molecule has 0 aliphatic carbocycles. The monoisotopic (exact) mass is 335 g/mol. The van der Waals surface area contributed by atoms with E-state index in [2.05, 4.69) is 27.5 Å². The Labute approximate surface area is 143 Å². The fourth-order valence-corrected chi connectivity index (χ4v) is 4.58. The van der Waals surface area contributed by atoms with Crippen molar-refractivity contribution in [2.24, 2.45) is 0 Å². The topological polar surface area (TPSA) is 35.6 Å².